The maximum absolute atomic E-state index is 12.5. The van der Waals surface area contributed by atoms with Gasteiger partial charge >= 0.3 is 6.09 Å². The molecule has 0 unspecified atom stereocenters. The lowest BCUT2D eigenvalue weighted by Crippen LogP contribution is -2.54. The van der Waals surface area contributed by atoms with E-state index in [1.165, 1.54) is 22.3 Å². The van der Waals surface area contributed by atoms with Gasteiger partial charge < -0.3 is 14.1 Å². The highest BCUT2D eigenvalue weighted by atomic mass is 32.1. The van der Waals surface area contributed by atoms with E-state index in [0.717, 1.165) is 31.4 Å². The molecular weight excluding hydrogens is 452 g/mol. The first kappa shape index (κ1) is 24.3. The first-order valence-electron chi connectivity index (χ1n) is 11.5. The molecule has 0 bridgehead atoms. The molecule has 10 heteroatoms. The molecule has 34 heavy (non-hydrogen) atoms. The third-order valence-electron chi connectivity index (χ3n) is 5.89. The Morgan fingerprint density at radius 1 is 1.21 bits per heavy atom. The first-order valence-corrected chi connectivity index (χ1v) is 12.2. The van der Waals surface area contributed by atoms with Gasteiger partial charge in [-0.1, -0.05) is 17.7 Å². The van der Waals surface area contributed by atoms with Gasteiger partial charge in [-0.05, 0) is 58.2 Å². The summed E-state index contributed by atoms with van der Waals surface area (Å²) in [6.45, 7) is 15.1. The van der Waals surface area contributed by atoms with Crippen LogP contribution in [0.3, 0.4) is 0 Å². The van der Waals surface area contributed by atoms with Crippen molar-refractivity contribution in [3.8, 4) is 11.6 Å². The Kier molecular flexibility index (Phi) is 6.99. The Morgan fingerprint density at radius 2 is 1.97 bits per heavy atom. The number of carbonyl (C=O) groups is 1. The molecule has 4 rings (SSSR count). The normalized spacial score (nSPS) is 17.2. The van der Waals surface area contributed by atoms with Crippen molar-refractivity contribution in [1.29, 1.82) is 0 Å². The van der Waals surface area contributed by atoms with Crippen molar-refractivity contribution in [2.24, 2.45) is 0 Å². The molecule has 3 heterocycles. The van der Waals surface area contributed by atoms with Crippen molar-refractivity contribution in [1.82, 2.24) is 28.7 Å². The number of piperazine rings is 1. The summed E-state index contributed by atoms with van der Waals surface area (Å²) in [4.78, 5) is 16.8. The molecule has 1 amide bonds. The summed E-state index contributed by atoms with van der Waals surface area (Å²) in [7, 11) is 0. The van der Waals surface area contributed by atoms with E-state index in [-0.39, 0.29) is 12.1 Å². The zero-order chi connectivity index (χ0) is 24.5. The summed E-state index contributed by atoms with van der Waals surface area (Å²) >= 11 is 1.11. The van der Waals surface area contributed by atoms with Crippen molar-refractivity contribution in [3.63, 3.8) is 0 Å². The molecule has 1 aromatic carbocycles. The Labute approximate surface area is 204 Å². The second kappa shape index (κ2) is 9.79. The molecule has 9 nitrogen and oxygen atoms in total. The van der Waals surface area contributed by atoms with Crippen LogP contribution in [0.15, 0.2) is 22.7 Å². The fourth-order valence-electron chi connectivity index (χ4n) is 4.22. The van der Waals surface area contributed by atoms with Gasteiger partial charge in [0.05, 0.1) is 24.3 Å². The summed E-state index contributed by atoms with van der Waals surface area (Å²) in [6, 6.07) is 4.50. The number of hydrogen-bond donors (Lipinski definition) is 0. The zero-order valence-electron chi connectivity index (χ0n) is 20.7. The predicted octanol–water partition coefficient (Wildman–Crippen LogP) is 4.24. The quantitative estimate of drug-likeness (QED) is 0.531. The smallest absolute Gasteiger partial charge is 0.410 e. The van der Waals surface area contributed by atoms with Crippen LogP contribution >= 0.6 is 11.7 Å². The molecule has 2 aromatic heterocycles. The van der Waals surface area contributed by atoms with Crippen LogP contribution in [0.25, 0.3) is 11.6 Å². The third kappa shape index (κ3) is 5.79. The molecule has 1 aliphatic rings. The van der Waals surface area contributed by atoms with E-state index in [2.05, 4.69) is 56.7 Å². The third-order valence-corrected chi connectivity index (χ3v) is 6.37. The summed E-state index contributed by atoms with van der Waals surface area (Å²) < 4.78 is 19.5. The molecule has 182 valence electrons. The van der Waals surface area contributed by atoms with Crippen LogP contribution in [-0.4, -0.2) is 66.1 Å². The maximum Gasteiger partial charge on any atom is 0.410 e. The van der Waals surface area contributed by atoms with Crippen molar-refractivity contribution < 1.29 is 13.9 Å². The highest BCUT2D eigenvalue weighted by Gasteiger charge is 2.31. The molecule has 1 aliphatic heterocycles. The molecule has 1 saturated heterocycles. The molecule has 1 atom stereocenters. The van der Waals surface area contributed by atoms with Crippen molar-refractivity contribution in [2.75, 3.05) is 19.6 Å². The van der Waals surface area contributed by atoms with Crippen LogP contribution < -0.4 is 0 Å². The van der Waals surface area contributed by atoms with E-state index in [1.807, 2.05) is 25.7 Å². The molecule has 0 saturated carbocycles. The zero-order valence-corrected chi connectivity index (χ0v) is 21.5. The van der Waals surface area contributed by atoms with Crippen LogP contribution in [0, 0.1) is 13.8 Å². The Bertz CT molecular complexity index is 1140. The number of amides is 1. The number of aryl methyl sites for hydroxylation is 1. The molecule has 0 N–H and O–H groups in total. The van der Waals surface area contributed by atoms with E-state index >= 15 is 0 Å². The van der Waals surface area contributed by atoms with Gasteiger partial charge in [-0.25, -0.2) is 4.79 Å². The van der Waals surface area contributed by atoms with E-state index in [9.17, 15) is 4.79 Å². The lowest BCUT2D eigenvalue weighted by Gasteiger charge is -2.40. The summed E-state index contributed by atoms with van der Waals surface area (Å²) in [6.07, 6.45) is 1.95. The van der Waals surface area contributed by atoms with Gasteiger partial charge in [0.15, 0.2) is 5.69 Å². The molecular formula is C24H32N6O3S. The van der Waals surface area contributed by atoms with Crippen molar-refractivity contribution in [2.45, 2.75) is 66.2 Å². The average molecular weight is 485 g/mol. The second-order valence-corrected chi connectivity index (χ2v) is 10.5. The Balaban J connectivity index is 1.43. The standard InChI is InChI=1S/C24H32N6O3S/c1-15-9-18(11-21-26-27-22(32-21)20-12-25-34-28-20)17(3)19(10-15)14-29-7-8-30(16(2)13-29)23(31)33-24(4,5)6/h9-10,12,16H,7-8,11,13-14H2,1-6H3/t16-/m0/s1. The fourth-order valence-corrected chi connectivity index (χ4v) is 4.63. The Morgan fingerprint density at radius 3 is 2.65 bits per heavy atom. The van der Waals surface area contributed by atoms with Crippen LogP contribution in [0.4, 0.5) is 4.79 Å². The van der Waals surface area contributed by atoms with Crippen LogP contribution in [0.5, 0.6) is 0 Å². The molecule has 1 fully saturated rings. The number of nitrogens with zero attached hydrogens (tertiary/aromatic N) is 6. The summed E-state index contributed by atoms with van der Waals surface area (Å²) in [5.41, 5.74) is 4.98. The molecule has 0 aliphatic carbocycles. The average Bonchev–Trinajstić information content (AvgIpc) is 3.42. The molecule has 0 spiro atoms. The number of ether oxygens (including phenoxy) is 1. The number of benzene rings is 1. The summed E-state index contributed by atoms with van der Waals surface area (Å²) in [5.74, 6) is 0.952. The SMILES string of the molecule is Cc1cc(Cc2nnc(-c3cnsn3)o2)c(C)c(CN2CCN(C(=O)OC(C)(C)C)[C@@H](C)C2)c1. The predicted molar refractivity (Wildman–Crippen MR) is 130 cm³/mol. The second-order valence-electron chi connectivity index (χ2n) is 9.94. The number of aromatic nitrogens is 4. The lowest BCUT2D eigenvalue weighted by molar-refractivity contribution is 0.000536. The molecule has 0 radical (unpaired) electrons. The minimum absolute atomic E-state index is 0.0882. The van der Waals surface area contributed by atoms with Gasteiger partial charge in [-0.3, -0.25) is 4.90 Å². The van der Waals surface area contributed by atoms with Crippen molar-refractivity contribution >= 4 is 17.8 Å². The van der Waals surface area contributed by atoms with Crippen LogP contribution in [0.1, 0.15) is 55.8 Å². The van der Waals surface area contributed by atoms with Crippen LogP contribution in [-0.2, 0) is 17.7 Å². The monoisotopic (exact) mass is 484 g/mol. The van der Waals surface area contributed by atoms with Gasteiger partial charge in [0.1, 0.15) is 5.60 Å². The van der Waals surface area contributed by atoms with Gasteiger partial charge in [-0.2, -0.15) is 8.75 Å². The first-order chi connectivity index (χ1) is 16.1. The van der Waals surface area contributed by atoms with E-state index in [1.54, 1.807) is 6.20 Å². The minimum Gasteiger partial charge on any atom is -0.444 e. The lowest BCUT2D eigenvalue weighted by atomic mass is 9.96. The Hall–Kier alpha value is -2.85. The number of rotatable bonds is 5. The van der Waals surface area contributed by atoms with Gasteiger partial charge in [0.2, 0.25) is 5.89 Å². The van der Waals surface area contributed by atoms with E-state index in [4.69, 9.17) is 9.15 Å². The largest absolute Gasteiger partial charge is 0.444 e. The van der Waals surface area contributed by atoms with Gasteiger partial charge in [0.25, 0.3) is 5.89 Å². The highest BCUT2D eigenvalue weighted by Crippen LogP contribution is 2.24. The van der Waals surface area contributed by atoms with Crippen molar-refractivity contribution in [3.05, 3.63) is 46.5 Å². The topological polar surface area (TPSA) is 97.5 Å². The minimum atomic E-state index is -0.487. The van der Waals surface area contributed by atoms with Gasteiger partial charge in [0, 0.05) is 32.2 Å². The number of hydrogen-bond acceptors (Lipinski definition) is 9. The van der Waals surface area contributed by atoms with E-state index < -0.39 is 5.60 Å². The number of carbonyl (C=O) groups excluding carboxylic acids is 1. The van der Waals surface area contributed by atoms with E-state index in [0.29, 0.717) is 30.4 Å². The summed E-state index contributed by atoms with van der Waals surface area (Å²) in [5, 5.41) is 8.32. The highest BCUT2D eigenvalue weighted by molar-refractivity contribution is 6.99. The van der Waals surface area contributed by atoms with Gasteiger partial charge in [-0.15, -0.1) is 10.2 Å². The maximum atomic E-state index is 12.5. The van der Waals surface area contributed by atoms with Crippen LogP contribution in [0.2, 0.25) is 0 Å². The fraction of sp³-hybridized carbons (Fsp3) is 0.542. The molecule has 3 aromatic rings.